The summed E-state index contributed by atoms with van der Waals surface area (Å²) in [7, 11) is 0. The molecule has 3 fully saturated rings. The Balaban J connectivity index is 1.54. The third-order valence-corrected chi connectivity index (χ3v) is 8.40. The van der Waals surface area contributed by atoms with Crippen molar-refractivity contribution in [2.75, 3.05) is 6.54 Å². The molecule has 1 saturated heterocycles. The van der Waals surface area contributed by atoms with Gasteiger partial charge in [-0.3, -0.25) is 0 Å². The van der Waals surface area contributed by atoms with Gasteiger partial charge in [0.2, 0.25) is 0 Å². The van der Waals surface area contributed by atoms with E-state index in [-0.39, 0.29) is 0 Å². The topological polar surface area (TPSA) is 24.1 Å². The molecule has 2 heteroatoms. The summed E-state index contributed by atoms with van der Waals surface area (Å²) in [6, 6.07) is 1.28. The second-order valence-electron chi connectivity index (χ2n) is 10.8. The van der Waals surface area contributed by atoms with Gasteiger partial charge in [0.25, 0.3) is 0 Å². The summed E-state index contributed by atoms with van der Waals surface area (Å²) in [6.45, 7) is 1.20. The van der Waals surface area contributed by atoms with Gasteiger partial charge in [0.15, 0.2) is 0 Å². The molecule has 2 unspecified atom stereocenters. The average Bonchev–Trinajstić information content (AvgIpc) is 2.79. The van der Waals surface area contributed by atoms with E-state index in [4.69, 9.17) is 0 Å². The summed E-state index contributed by atoms with van der Waals surface area (Å²) in [4.78, 5) is 0. The molecule has 0 amide bonds. The monoisotopic (exact) mass is 412 g/mol. The second kappa shape index (κ2) is 12.3. The first-order chi connectivity index (χ1) is 14.9. The fourth-order valence-corrected chi connectivity index (χ4v) is 6.53. The molecule has 4 aliphatic rings. The third-order valence-electron chi connectivity index (χ3n) is 8.40. The van der Waals surface area contributed by atoms with Crippen molar-refractivity contribution in [3.63, 3.8) is 0 Å². The average molecular weight is 413 g/mol. The lowest BCUT2D eigenvalue weighted by Crippen LogP contribution is -2.44. The molecule has 0 radical (unpaired) electrons. The molecule has 170 valence electrons. The number of hydrogen-bond donors (Lipinski definition) is 2. The van der Waals surface area contributed by atoms with Gasteiger partial charge >= 0.3 is 0 Å². The fourth-order valence-electron chi connectivity index (χ4n) is 6.53. The highest BCUT2D eigenvalue weighted by molar-refractivity contribution is 5.35. The molecule has 0 aromatic carbocycles. The summed E-state index contributed by atoms with van der Waals surface area (Å²) in [5.74, 6) is 1.47. The highest BCUT2D eigenvalue weighted by atomic mass is 15.0. The van der Waals surface area contributed by atoms with Crippen molar-refractivity contribution < 1.29 is 0 Å². The van der Waals surface area contributed by atoms with Crippen molar-refractivity contribution in [1.82, 2.24) is 10.6 Å². The minimum absolute atomic E-state index is 0.555. The van der Waals surface area contributed by atoms with Gasteiger partial charge in [0.1, 0.15) is 0 Å². The molecule has 4 rings (SSSR count). The van der Waals surface area contributed by atoms with Gasteiger partial charge in [-0.25, -0.2) is 0 Å². The van der Waals surface area contributed by atoms with E-state index in [1.807, 2.05) is 0 Å². The molecule has 1 heterocycles. The van der Waals surface area contributed by atoms with Crippen LogP contribution >= 0.6 is 0 Å². The predicted molar refractivity (Wildman–Crippen MR) is 130 cm³/mol. The van der Waals surface area contributed by atoms with Crippen LogP contribution in [0.5, 0.6) is 0 Å². The van der Waals surface area contributed by atoms with Crippen LogP contribution in [-0.4, -0.2) is 18.6 Å². The van der Waals surface area contributed by atoms with Gasteiger partial charge < -0.3 is 10.6 Å². The first-order valence-electron chi connectivity index (χ1n) is 13.8. The molecule has 2 N–H and O–H groups in total. The predicted octanol–water partition coefficient (Wildman–Crippen LogP) is 7.41. The van der Waals surface area contributed by atoms with E-state index in [0.717, 1.165) is 12.0 Å². The number of rotatable bonds is 3. The molecule has 0 bridgehead atoms. The third kappa shape index (κ3) is 6.62. The lowest BCUT2D eigenvalue weighted by Gasteiger charge is -2.37. The molecule has 1 aliphatic heterocycles. The Bertz CT molecular complexity index is 549. The SMILES string of the molecule is C1=C(C2CCCCCCC2)C=C(NC2CCCCC2)C2CCCCCCCCNC12. The lowest BCUT2D eigenvalue weighted by atomic mass is 9.77. The molecular formula is C28H48N2. The molecule has 30 heavy (non-hydrogen) atoms. The molecule has 2 saturated carbocycles. The summed E-state index contributed by atoms with van der Waals surface area (Å²) in [5.41, 5.74) is 3.29. The zero-order chi connectivity index (χ0) is 20.4. The van der Waals surface area contributed by atoms with Crippen LogP contribution < -0.4 is 10.6 Å². The van der Waals surface area contributed by atoms with Crippen LogP contribution in [0.2, 0.25) is 0 Å². The quantitative estimate of drug-likeness (QED) is 0.504. The van der Waals surface area contributed by atoms with E-state index in [1.165, 1.54) is 129 Å². The fraction of sp³-hybridized carbons (Fsp3) is 0.857. The number of fused-ring (bicyclic) bond motifs is 1. The van der Waals surface area contributed by atoms with E-state index in [0.29, 0.717) is 12.0 Å². The Morgan fingerprint density at radius 2 is 1.20 bits per heavy atom. The Morgan fingerprint density at radius 3 is 1.93 bits per heavy atom. The minimum atomic E-state index is 0.555. The summed E-state index contributed by atoms with van der Waals surface area (Å²) < 4.78 is 0. The number of allylic oxidation sites excluding steroid dienone is 2. The van der Waals surface area contributed by atoms with Crippen LogP contribution in [0.25, 0.3) is 0 Å². The first kappa shape index (κ1) is 22.4. The highest BCUT2D eigenvalue weighted by Crippen LogP contribution is 2.36. The van der Waals surface area contributed by atoms with Crippen molar-refractivity contribution in [3.05, 3.63) is 23.4 Å². The zero-order valence-electron chi connectivity index (χ0n) is 19.6. The van der Waals surface area contributed by atoms with Crippen molar-refractivity contribution in [2.24, 2.45) is 11.8 Å². The van der Waals surface area contributed by atoms with Gasteiger partial charge in [0, 0.05) is 23.7 Å². The van der Waals surface area contributed by atoms with E-state index in [1.54, 1.807) is 11.3 Å². The molecule has 0 aromatic heterocycles. The number of nitrogens with one attached hydrogen (secondary N) is 2. The van der Waals surface area contributed by atoms with Crippen LogP contribution in [0, 0.1) is 11.8 Å². The van der Waals surface area contributed by atoms with Crippen LogP contribution in [-0.2, 0) is 0 Å². The van der Waals surface area contributed by atoms with Crippen LogP contribution in [0.1, 0.15) is 122 Å². The highest BCUT2D eigenvalue weighted by Gasteiger charge is 2.31. The second-order valence-corrected chi connectivity index (χ2v) is 10.8. The molecule has 0 spiro atoms. The Kier molecular flexibility index (Phi) is 9.21. The Hall–Kier alpha value is -0.760. The van der Waals surface area contributed by atoms with Gasteiger partial charge in [0.05, 0.1) is 0 Å². The summed E-state index contributed by atoms with van der Waals surface area (Å²) >= 11 is 0. The largest absolute Gasteiger partial charge is 0.385 e. The van der Waals surface area contributed by atoms with E-state index in [9.17, 15) is 0 Å². The van der Waals surface area contributed by atoms with Gasteiger partial charge in [-0.1, -0.05) is 89.5 Å². The minimum Gasteiger partial charge on any atom is -0.385 e. The summed E-state index contributed by atoms with van der Waals surface area (Å²) in [6.07, 6.45) is 32.3. The van der Waals surface area contributed by atoms with Gasteiger partial charge in [-0.2, -0.15) is 0 Å². The van der Waals surface area contributed by atoms with Crippen molar-refractivity contribution >= 4 is 0 Å². The molecule has 2 atom stereocenters. The van der Waals surface area contributed by atoms with Gasteiger partial charge in [-0.15, -0.1) is 0 Å². The van der Waals surface area contributed by atoms with Crippen LogP contribution in [0.15, 0.2) is 23.4 Å². The van der Waals surface area contributed by atoms with Crippen LogP contribution in [0.3, 0.4) is 0 Å². The first-order valence-corrected chi connectivity index (χ1v) is 13.8. The Labute approximate surface area is 186 Å². The van der Waals surface area contributed by atoms with E-state index in [2.05, 4.69) is 22.8 Å². The molecular weight excluding hydrogens is 364 g/mol. The van der Waals surface area contributed by atoms with Crippen molar-refractivity contribution in [2.45, 2.75) is 134 Å². The molecule has 3 aliphatic carbocycles. The lowest BCUT2D eigenvalue weighted by molar-refractivity contribution is 0.340. The maximum absolute atomic E-state index is 4.13. The Morgan fingerprint density at radius 1 is 0.633 bits per heavy atom. The normalized spacial score (nSPS) is 31.3. The molecule has 2 nitrogen and oxygen atoms in total. The van der Waals surface area contributed by atoms with Crippen LogP contribution in [0.4, 0.5) is 0 Å². The van der Waals surface area contributed by atoms with E-state index >= 15 is 0 Å². The maximum Gasteiger partial charge on any atom is 0.0338 e. The summed E-state index contributed by atoms with van der Waals surface area (Å²) in [5, 5.41) is 8.16. The zero-order valence-corrected chi connectivity index (χ0v) is 19.6. The van der Waals surface area contributed by atoms with E-state index < -0.39 is 0 Å². The standard InChI is InChI=1S/C28H48N2/c1-2-7-14-20-29-27-21-24(23-15-9-4-3-5-10-16-23)22-28(26(27)19-13-6-1)30-25-17-11-8-12-18-25/h21-23,25-27,29-30H,1-20H2. The maximum atomic E-state index is 4.13. The smallest absolute Gasteiger partial charge is 0.0338 e. The van der Waals surface area contributed by atoms with Crippen molar-refractivity contribution in [3.8, 4) is 0 Å². The number of hydrogen-bond acceptors (Lipinski definition) is 2. The molecule has 0 aromatic rings. The van der Waals surface area contributed by atoms with Gasteiger partial charge in [-0.05, 0) is 62.6 Å². The van der Waals surface area contributed by atoms with Crippen molar-refractivity contribution in [1.29, 1.82) is 0 Å².